The third-order valence-electron chi connectivity index (χ3n) is 11.2. The quantitative estimate of drug-likeness (QED) is 0.181. The van der Waals surface area contributed by atoms with Crippen LogP contribution in [-0.4, -0.2) is 9.97 Å². The molecule has 2 aromatic heterocycles. The van der Waals surface area contributed by atoms with Gasteiger partial charge in [-0.2, -0.15) is 0 Å². The number of aromatic nitrogens is 2. The zero-order valence-corrected chi connectivity index (χ0v) is 29.3. The lowest BCUT2D eigenvalue weighted by molar-refractivity contribution is 0.667. The monoisotopic (exact) mass is 688 g/mol. The van der Waals surface area contributed by atoms with E-state index in [2.05, 4.69) is 158 Å². The number of para-hydroxylation sites is 1. The first-order chi connectivity index (χ1) is 26.8. The van der Waals surface area contributed by atoms with Crippen molar-refractivity contribution in [1.82, 2.24) is 9.97 Å². The smallest absolute Gasteiger partial charge is 0.180 e. The lowest BCUT2D eigenvalue weighted by Crippen LogP contribution is -2.28. The minimum absolute atomic E-state index is 0.570. The highest BCUT2D eigenvalue weighted by atomic mass is 16.3. The molecule has 0 saturated carbocycles. The van der Waals surface area contributed by atoms with Crippen LogP contribution >= 0.6 is 0 Å². The third-order valence-corrected chi connectivity index (χ3v) is 11.2. The average molecular weight is 689 g/mol. The van der Waals surface area contributed by atoms with Gasteiger partial charge >= 0.3 is 0 Å². The molecular weight excluding hydrogens is 657 g/mol. The molecule has 1 aliphatic carbocycles. The van der Waals surface area contributed by atoms with E-state index in [1.165, 1.54) is 44.2 Å². The molecule has 0 spiro atoms. The van der Waals surface area contributed by atoms with Crippen molar-refractivity contribution in [2.45, 2.75) is 5.41 Å². The van der Waals surface area contributed by atoms with Crippen LogP contribution in [0.5, 0.6) is 0 Å². The molecule has 0 amide bonds. The van der Waals surface area contributed by atoms with E-state index in [1.807, 2.05) is 36.4 Å². The maximum absolute atomic E-state index is 6.53. The maximum Gasteiger partial charge on any atom is 0.180 e. The van der Waals surface area contributed by atoms with Crippen molar-refractivity contribution in [2.75, 3.05) is 0 Å². The van der Waals surface area contributed by atoms with Gasteiger partial charge in [-0.1, -0.05) is 164 Å². The summed E-state index contributed by atoms with van der Waals surface area (Å²) in [6.07, 6.45) is 0. The number of hydrogen-bond donors (Lipinski definition) is 0. The lowest BCUT2D eigenvalue weighted by atomic mass is 9.67. The van der Waals surface area contributed by atoms with Crippen LogP contribution in [0.4, 0.5) is 0 Å². The SMILES string of the molecule is c1ccc(-c2nc(-c3cc4c(cc3-c3ccc5ccccc5c3)-c3ccccc3C4(c3ccccc3)c3ccccc3)nc3c2oc2ccccc23)cc1. The number of nitrogens with zero attached hydrogens (tertiary/aromatic N) is 2. The van der Waals surface area contributed by atoms with Crippen LogP contribution in [0.3, 0.4) is 0 Å². The summed E-state index contributed by atoms with van der Waals surface area (Å²) in [5, 5.41) is 3.36. The van der Waals surface area contributed by atoms with Crippen LogP contribution in [0, 0.1) is 0 Å². The van der Waals surface area contributed by atoms with Gasteiger partial charge < -0.3 is 4.42 Å². The van der Waals surface area contributed by atoms with Gasteiger partial charge in [-0.3, -0.25) is 0 Å². The zero-order chi connectivity index (χ0) is 35.6. The second-order valence-electron chi connectivity index (χ2n) is 14.1. The molecule has 1 aliphatic rings. The lowest BCUT2D eigenvalue weighted by Gasteiger charge is -2.34. The molecule has 3 heteroatoms. The zero-order valence-electron chi connectivity index (χ0n) is 29.3. The number of hydrogen-bond acceptors (Lipinski definition) is 3. The fourth-order valence-electron chi connectivity index (χ4n) is 8.77. The first-order valence-corrected chi connectivity index (χ1v) is 18.4. The average Bonchev–Trinajstić information content (AvgIpc) is 3.77. The summed E-state index contributed by atoms with van der Waals surface area (Å²) >= 11 is 0. The molecule has 0 N–H and O–H groups in total. The predicted molar refractivity (Wildman–Crippen MR) is 220 cm³/mol. The second kappa shape index (κ2) is 12.0. The Hall–Kier alpha value is -7.10. The summed E-state index contributed by atoms with van der Waals surface area (Å²) in [6.45, 7) is 0. The highest BCUT2D eigenvalue weighted by Gasteiger charge is 2.46. The minimum Gasteiger partial charge on any atom is -0.452 e. The summed E-state index contributed by atoms with van der Waals surface area (Å²) in [7, 11) is 0. The van der Waals surface area contributed by atoms with Gasteiger partial charge in [0.25, 0.3) is 0 Å². The molecule has 0 aliphatic heterocycles. The molecule has 252 valence electrons. The fraction of sp³-hybridized carbons (Fsp3) is 0.0196. The van der Waals surface area contributed by atoms with E-state index in [9.17, 15) is 0 Å². The van der Waals surface area contributed by atoms with Crippen molar-refractivity contribution < 1.29 is 4.42 Å². The highest BCUT2D eigenvalue weighted by molar-refractivity contribution is 6.07. The molecule has 0 fully saturated rings. The molecule has 54 heavy (non-hydrogen) atoms. The number of furan rings is 1. The second-order valence-corrected chi connectivity index (χ2v) is 14.1. The highest BCUT2D eigenvalue weighted by Crippen LogP contribution is 2.58. The molecule has 0 unspecified atom stereocenters. The van der Waals surface area contributed by atoms with Crippen molar-refractivity contribution in [3.05, 3.63) is 216 Å². The standard InChI is InChI=1S/C51H32N2O/c1-4-17-34(18-5-1)47-49-48(40-25-13-15-27-46(40)54-49)53-50(52-47)43-32-45-42(31-41(43)36-29-28-33-16-10-11-19-35(33)30-36)39-24-12-14-26-44(39)51(45,37-20-6-2-7-21-37)38-22-8-3-9-23-38/h1-32H. The van der Waals surface area contributed by atoms with Gasteiger partial charge in [0.05, 0.1) is 5.41 Å². The number of rotatable bonds is 5. The molecule has 11 rings (SSSR count). The topological polar surface area (TPSA) is 38.9 Å². The Morgan fingerprint density at radius 2 is 1.06 bits per heavy atom. The van der Waals surface area contributed by atoms with Gasteiger partial charge in [-0.05, 0) is 85.6 Å². The Balaban J connectivity index is 1.29. The van der Waals surface area contributed by atoms with E-state index < -0.39 is 5.41 Å². The molecule has 3 nitrogen and oxygen atoms in total. The Morgan fingerprint density at radius 3 is 1.83 bits per heavy atom. The molecule has 0 radical (unpaired) electrons. The van der Waals surface area contributed by atoms with Crippen LogP contribution < -0.4 is 0 Å². The van der Waals surface area contributed by atoms with Gasteiger partial charge in [0.2, 0.25) is 0 Å². The van der Waals surface area contributed by atoms with Crippen LogP contribution in [0.2, 0.25) is 0 Å². The fourth-order valence-corrected chi connectivity index (χ4v) is 8.77. The van der Waals surface area contributed by atoms with Gasteiger partial charge in [0, 0.05) is 16.5 Å². The van der Waals surface area contributed by atoms with Crippen molar-refractivity contribution in [1.29, 1.82) is 0 Å². The van der Waals surface area contributed by atoms with Crippen molar-refractivity contribution in [3.63, 3.8) is 0 Å². The maximum atomic E-state index is 6.53. The summed E-state index contributed by atoms with van der Waals surface area (Å²) in [4.78, 5) is 10.9. The number of fused-ring (bicyclic) bond motifs is 7. The Labute approximate surface area is 312 Å². The van der Waals surface area contributed by atoms with Crippen LogP contribution in [-0.2, 0) is 5.41 Å². The minimum atomic E-state index is -0.570. The van der Waals surface area contributed by atoms with Crippen molar-refractivity contribution >= 4 is 32.8 Å². The van der Waals surface area contributed by atoms with Gasteiger partial charge in [0.1, 0.15) is 16.8 Å². The molecular formula is C51H32N2O. The summed E-state index contributed by atoms with van der Waals surface area (Å²) in [5.74, 6) is 0.657. The first-order valence-electron chi connectivity index (χ1n) is 18.4. The Bertz CT molecular complexity index is 3000. The molecule has 0 atom stereocenters. The van der Waals surface area contributed by atoms with E-state index in [4.69, 9.17) is 14.4 Å². The van der Waals surface area contributed by atoms with Crippen molar-refractivity contribution in [3.8, 4) is 44.9 Å². The van der Waals surface area contributed by atoms with E-state index in [-0.39, 0.29) is 0 Å². The molecule has 0 bridgehead atoms. The van der Waals surface area contributed by atoms with Crippen LogP contribution in [0.15, 0.2) is 199 Å². The van der Waals surface area contributed by atoms with Crippen molar-refractivity contribution in [2.24, 2.45) is 0 Å². The van der Waals surface area contributed by atoms with E-state index in [1.54, 1.807) is 0 Å². The Morgan fingerprint density at radius 1 is 0.407 bits per heavy atom. The molecule has 8 aromatic carbocycles. The molecule has 0 saturated heterocycles. The largest absolute Gasteiger partial charge is 0.452 e. The van der Waals surface area contributed by atoms with E-state index >= 15 is 0 Å². The van der Waals surface area contributed by atoms with Crippen LogP contribution in [0.25, 0.3) is 77.7 Å². The molecule has 2 heterocycles. The summed E-state index contributed by atoms with van der Waals surface area (Å²) in [5.41, 5.74) is 14.0. The van der Waals surface area contributed by atoms with Gasteiger partial charge in [0.15, 0.2) is 11.4 Å². The number of benzene rings is 8. The van der Waals surface area contributed by atoms with Crippen LogP contribution in [0.1, 0.15) is 22.3 Å². The van der Waals surface area contributed by atoms with Gasteiger partial charge in [-0.25, -0.2) is 9.97 Å². The predicted octanol–water partition coefficient (Wildman–Crippen LogP) is 12.9. The normalized spacial score (nSPS) is 13.0. The molecule has 10 aromatic rings. The summed E-state index contributed by atoms with van der Waals surface area (Å²) in [6, 6.07) is 69.3. The summed E-state index contributed by atoms with van der Waals surface area (Å²) < 4.78 is 6.53. The van der Waals surface area contributed by atoms with E-state index in [0.29, 0.717) is 11.4 Å². The van der Waals surface area contributed by atoms with E-state index in [0.717, 1.165) is 44.4 Å². The third kappa shape index (κ3) is 4.49. The Kier molecular flexibility index (Phi) is 6.77. The first kappa shape index (κ1) is 30.5. The van der Waals surface area contributed by atoms with Gasteiger partial charge in [-0.15, -0.1) is 0 Å².